The standard InChI is InChI=1S/C18H11Cl3N4S/c19-13-2-1-10(7-14(13)20)9-23-17-12-8-15(21)26-18(12)25-16(24-17)11-3-5-22-6-4-11/h1-8H,9H2,(H,23,24,25). The molecule has 0 saturated carbocycles. The molecule has 3 aromatic heterocycles. The van der Waals surface area contributed by atoms with Gasteiger partial charge in [0.15, 0.2) is 5.82 Å². The van der Waals surface area contributed by atoms with Crippen LogP contribution in [0.1, 0.15) is 5.56 Å². The van der Waals surface area contributed by atoms with Crippen molar-refractivity contribution >= 4 is 62.2 Å². The zero-order valence-corrected chi connectivity index (χ0v) is 16.3. The van der Waals surface area contributed by atoms with E-state index in [4.69, 9.17) is 34.8 Å². The first-order valence-corrected chi connectivity index (χ1v) is 9.60. The van der Waals surface area contributed by atoms with Gasteiger partial charge in [0.05, 0.1) is 19.8 Å². The molecular formula is C18H11Cl3N4S. The van der Waals surface area contributed by atoms with Crippen LogP contribution in [0.5, 0.6) is 0 Å². The van der Waals surface area contributed by atoms with E-state index in [1.54, 1.807) is 18.5 Å². The second-order valence-corrected chi connectivity index (χ2v) is 7.98. The largest absolute Gasteiger partial charge is 0.365 e. The average Bonchev–Trinajstić information content (AvgIpc) is 3.03. The van der Waals surface area contributed by atoms with E-state index >= 15 is 0 Å². The number of thiophene rings is 1. The van der Waals surface area contributed by atoms with Crippen LogP contribution >= 0.6 is 46.1 Å². The van der Waals surface area contributed by atoms with Crippen molar-refractivity contribution in [2.45, 2.75) is 6.54 Å². The fourth-order valence-electron chi connectivity index (χ4n) is 2.49. The summed E-state index contributed by atoms with van der Waals surface area (Å²) in [5.41, 5.74) is 1.89. The van der Waals surface area contributed by atoms with E-state index in [2.05, 4.69) is 20.3 Å². The molecular weight excluding hydrogens is 411 g/mol. The van der Waals surface area contributed by atoms with Gasteiger partial charge in [-0.2, -0.15) is 0 Å². The SMILES string of the molecule is Clc1cc2c(NCc3ccc(Cl)c(Cl)c3)nc(-c3ccncc3)nc2s1. The predicted molar refractivity (Wildman–Crippen MR) is 109 cm³/mol. The molecule has 1 N–H and O–H groups in total. The topological polar surface area (TPSA) is 50.7 Å². The lowest BCUT2D eigenvalue weighted by atomic mass is 10.2. The van der Waals surface area contributed by atoms with E-state index in [1.807, 2.05) is 30.3 Å². The molecule has 0 atom stereocenters. The van der Waals surface area contributed by atoms with E-state index < -0.39 is 0 Å². The van der Waals surface area contributed by atoms with E-state index in [0.29, 0.717) is 26.8 Å². The van der Waals surface area contributed by atoms with Crippen LogP contribution in [0.3, 0.4) is 0 Å². The van der Waals surface area contributed by atoms with Crippen molar-refractivity contribution < 1.29 is 0 Å². The fourth-order valence-corrected chi connectivity index (χ4v) is 3.90. The Bertz CT molecular complexity index is 1080. The highest BCUT2D eigenvalue weighted by Crippen LogP contribution is 2.34. The van der Waals surface area contributed by atoms with Gasteiger partial charge in [-0.05, 0) is 35.9 Å². The van der Waals surface area contributed by atoms with E-state index in [0.717, 1.165) is 27.2 Å². The van der Waals surface area contributed by atoms with Crippen LogP contribution in [-0.4, -0.2) is 15.0 Å². The van der Waals surface area contributed by atoms with Crippen LogP contribution in [-0.2, 0) is 6.54 Å². The van der Waals surface area contributed by atoms with Crippen LogP contribution < -0.4 is 5.32 Å². The van der Waals surface area contributed by atoms with Crippen LogP contribution in [0.2, 0.25) is 14.4 Å². The van der Waals surface area contributed by atoms with Gasteiger partial charge in [-0.25, -0.2) is 9.97 Å². The van der Waals surface area contributed by atoms with Crippen LogP contribution in [0.15, 0.2) is 48.8 Å². The molecule has 0 amide bonds. The predicted octanol–water partition coefficient (Wildman–Crippen LogP) is 6.33. The average molecular weight is 422 g/mol. The summed E-state index contributed by atoms with van der Waals surface area (Å²) in [6.45, 7) is 0.548. The molecule has 0 bridgehead atoms. The quantitative estimate of drug-likeness (QED) is 0.418. The van der Waals surface area contributed by atoms with E-state index in [1.165, 1.54) is 11.3 Å². The minimum absolute atomic E-state index is 0.523. The Morgan fingerprint density at radius 1 is 0.923 bits per heavy atom. The number of halogens is 3. The Balaban J connectivity index is 1.71. The second-order valence-electron chi connectivity index (χ2n) is 5.50. The molecule has 0 aliphatic heterocycles. The molecule has 1 aromatic carbocycles. The zero-order valence-electron chi connectivity index (χ0n) is 13.2. The summed E-state index contributed by atoms with van der Waals surface area (Å²) in [4.78, 5) is 14.2. The highest BCUT2D eigenvalue weighted by Gasteiger charge is 2.12. The number of rotatable bonds is 4. The molecule has 0 saturated heterocycles. The molecule has 0 radical (unpaired) electrons. The lowest BCUT2D eigenvalue weighted by Crippen LogP contribution is -2.03. The van der Waals surface area contributed by atoms with Crippen molar-refractivity contribution in [3.8, 4) is 11.4 Å². The van der Waals surface area contributed by atoms with E-state index in [9.17, 15) is 0 Å². The number of fused-ring (bicyclic) bond motifs is 1. The van der Waals surface area contributed by atoms with Gasteiger partial charge in [0.2, 0.25) is 0 Å². The van der Waals surface area contributed by atoms with Gasteiger partial charge in [-0.1, -0.05) is 40.9 Å². The zero-order chi connectivity index (χ0) is 18.1. The van der Waals surface area contributed by atoms with Gasteiger partial charge in [0, 0.05) is 24.5 Å². The summed E-state index contributed by atoms with van der Waals surface area (Å²) in [6, 6.07) is 11.2. The molecule has 4 nitrogen and oxygen atoms in total. The van der Waals surface area contributed by atoms with Crippen LogP contribution in [0.25, 0.3) is 21.6 Å². The lowest BCUT2D eigenvalue weighted by molar-refractivity contribution is 1.11. The number of aromatic nitrogens is 3. The molecule has 0 spiro atoms. The van der Waals surface area contributed by atoms with Crippen LogP contribution in [0, 0.1) is 0 Å². The number of hydrogen-bond donors (Lipinski definition) is 1. The van der Waals surface area contributed by atoms with Gasteiger partial charge in [-0.3, -0.25) is 4.98 Å². The Morgan fingerprint density at radius 3 is 2.50 bits per heavy atom. The van der Waals surface area contributed by atoms with E-state index in [-0.39, 0.29) is 0 Å². The number of anilines is 1. The maximum atomic E-state index is 6.19. The number of benzene rings is 1. The minimum atomic E-state index is 0.523. The second kappa shape index (κ2) is 7.37. The first kappa shape index (κ1) is 17.5. The maximum absolute atomic E-state index is 6.19. The molecule has 0 aliphatic rings. The Kier molecular flexibility index (Phi) is 4.96. The van der Waals surface area contributed by atoms with Crippen molar-refractivity contribution in [2.24, 2.45) is 0 Å². The van der Waals surface area contributed by atoms with Gasteiger partial charge in [0.1, 0.15) is 10.6 Å². The number of hydrogen-bond acceptors (Lipinski definition) is 5. The first-order valence-electron chi connectivity index (χ1n) is 7.65. The third-order valence-corrected chi connectivity index (χ3v) is 5.64. The molecule has 130 valence electrons. The van der Waals surface area contributed by atoms with Crippen molar-refractivity contribution in [3.05, 3.63) is 68.7 Å². The summed E-state index contributed by atoms with van der Waals surface area (Å²) in [5.74, 6) is 1.34. The van der Waals surface area contributed by atoms with Crippen molar-refractivity contribution in [1.82, 2.24) is 15.0 Å². The molecule has 26 heavy (non-hydrogen) atoms. The normalized spacial score (nSPS) is 11.0. The molecule has 8 heteroatoms. The Labute approximate surface area is 168 Å². The highest BCUT2D eigenvalue weighted by molar-refractivity contribution is 7.22. The monoisotopic (exact) mass is 420 g/mol. The summed E-state index contributed by atoms with van der Waals surface area (Å²) < 4.78 is 0.666. The van der Waals surface area contributed by atoms with Gasteiger partial charge in [-0.15, -0.1) is 11.3 Å². The molecule has 0 unspecified atom stereocenters. The highest BCUT2D eigenvalue weighted by atomic mass is 35.5. The molecule has 0 aliphatic carbocycles. The minimum Gasteiger partial charge on any atom is -0.365 e. The third kappa shape index (κ3) is 3.62. The van der Waals surface area contributed by atoms with Crippen molar-refractivity contribution in [2.75, 3.05) is 5.32 Å². The van der Waals surface area contributed by atoms with Gasteiger partial charge < -0.3 is 5.32 Å². The van der Waals surface area contributed by atoms with Gasteiger partial charge in [0.25, 0.3) is 0 Å². The molecule has 4 aromatic rings. The summed E-state index contributed by atoms with van der Waals surface area (Å²) >= 11 is 19.7. The molecule has 4 rings (SSSR count). The molecule has 0 fully saturated rings. The van der Waals surface area contributed by atoms with Crippen molar-refractivity contribution in [1.29, 1.82) is 0 Å². The third-order valence-electron chi connectivity index (χ3n) is 3.75. The Morgan fingerprint density at radius 2 is 1.73 bits per heavy atom. The first-order chi connectivity index (χ1) is 12.6. The summed E-state index contributed by atoms with van der Waals surface area (Å²) in [5, 5.41) is 5.30. The Hall–Kier alpha value is -1.92. The van der Waals surface area contributed by atoms with Crippen molar-refractivity contribution in [3.63, 3.8) is 0 Å². The summed E-state index contributed by atoms with van der Waals surface area (Å²) in [6.07, 6.45) is 3.43. The number of nitrogens with one attached hydrogen (secondary N) is 1. The summed E-state index contributed by atoms with van der Waals surface area (Å²) in [7, 11) is 0. The lowest BCUT2D eigenvalue weighted by Gasteiger charge is -2.10. The number of pyridine rings is 1. The van der Waals surface area contributed by atoms with Crippen LogP contribution in [0.4, 0.5) is 5.82 Å². The number of nitrogens with zero attached hydrogens (tertiary/aromatic N) is 3. The van der Waals surface area contributed by atoms with Gasteiger partial charge >= 0.3 is 0 Å². The fraction of sp³-hybridized carbons (Fsp3) is 0.0556. The molecule has 3 heterocycles. The smallest absolute Gasteiger partial charge is 0.163 e. The maximum Gasteiger partial charge on any atom is 0.163 e.